The molecular weight excluding hydrogens is 420 g/mol. The topological polar surface area (TPSA) is 136 Å². The molecule has 2 aromatic heterocycles. The maximum absolute atomic E-state index is 6.04. The van der Waals surface area contributed by atoms with Gasteiger partial charge in [0.25, 0.3) is 0 Å². The number of aromatic nitrogens is 6. The normalized spacial score (nSPS) is 13.2. The molecule has 2 rings (SSSR count). The van der Waals surface area contributed by atoms with Crippen molar-refractivity contribution in [3.05, 3.63) is 11.6 Å². The number of nitrogens with two attached hydrogens (primary N) is 2. The van der Waals surface area contributed by atoms with E-state index in [1.807, 2.05) is 13.8 Å². The first-order chi connectivity index (χ1) is 14.3. The molecule has 0 amide bonds. The van der Waals surface area contributed by atoms with Crippen LogP contribution in [0.25, 0.3) is 0 Å². The fourth-order valence-corrected chi connectivity index (χ4v) is 4.12. The van der Waals surface area contributed by atoms with Gasteiger partial charge in [-0.05, 0) is 63.1 Å². The zero-order valence-electron chi connectivity index (χ0n) is 18.5. The Balaban J connectivity index is 2.33. The summed E-state index contributed by atoms with van der Waals surface area (Å²) in [6.07, 6.45) is 0. The highest BCUT2D eigenvalue weighted by atomic mass is 33.1. The SMILES string of the molecule is CCN(CC)c1nc(SSc2nc(C(C)N)nc(N(CC)CC)n2)nc(C(C)N)n1. The molecule has 2 heterocycles. The molecule has 166 valence electrons. The third kappa shape index (κ3) is 6.37. The summed E-state index contributed by atoms with van der Waals surface area (Å²) in [7, 11) is 2.75. The lowest BCUT2D eigenvalue weighted by Gasteiger charge is -2.20. The molecule has 30 heavy (non-hydrogen) atoms. The van der Waals surface area contributed by atoms with Crippen molar-refractivity contribution >= 4 is 33.5 Å². The van der Waals surface area contributed by atoms with Gasteiger partial charge in [0.15, 0.2) is 11.6 Å². The highest BCUT2D eigenvalue weighted by Gasteiger charge is 2.17. The van der Waals surface area contributed by atoms with Crippen molar-refractivity contribution in [1.29, 1.82) is 0 Å². The molecule has 0 aromatic carbocycles. The van der Waals surface area contributed by atoms with Crippen LogP contribution < -0.4 is 21.3 Å². The first-order valence-electron chi connectivity index (χ1n) is 10.2. The predicted molar refractivity (Wildman–Crippen MR) is 124 cm³/mol. The second-order valence-electron chi connectivity index (χ2n) is 6.64. The monoisotopic (exact) mass is 452 g/mol. The summed E-state index contributed by atoms with van der Waals surface area (Å²) < 4.78 is 0. The molecule has 0 saturated carbocycles. The van der Waals surface area contributed by atoms with Gasteiger partial charge in [-0.15, -0.1) is 0 Å². The third-order valence-corrected chi connectivity index (χ3v) is 6.23. The first kappa shape index (κ1) is 24.5. The summed E-state index contributed by atoms with van der Waals surface area (Å²) in [4.78, 5) is 31.4. The molecular formula is C18H32N10S2. The van der Waals surface area contributed by atoms with Crippen molar-refractivity contribution in [2.45, 2.75) is 63.9 Å². The highest BCUT2D eigenvalue weighted by molar-refractivity contribution is 8.76. The summed E-state index contributed by atoms with van der Waals surface area (Å²) in [6, 6.07) is -0.578. The van der Waals surface area contributed by atoms with Crippen molar-refractivity contribution in [2.75, 3.05) is 36.0 Å². The minimum absolute atomic E-state index is 0.289. The Hall–Kier alpha value is -1.76. The molecule has 2 atom stereocenters. The van der Waals surface area contributed by atoms with Gasteiger partial charge in [0.1, 0.15) is 0 Å². The van der Waals surface area contributed by atoms with Gasteiger partial charge in [0, 0.05) is 26.2 Å². The minimum Gasteiger partial charge on any atom is -0.341 e. The molecule has 0 spiro atoms. The number of hydrogen-bond donors (Lipinski definition) is 2. The number of rotatable bonds is 11. The Morgan fingerprint density at radius 3 is 1.23 bits per heavy atom. The van der Waals surface area contributed by atoms with Crippen LogP contribution in [-0.4, -0.2) is 56.1 Å². The molecule has 2 aromatic rings. The van der Waals surface area contributed by atoms with Crippen molar-refractivity contribution in [1.82, 2.24) is 29.9 Å². The Labute approximate surface area is 186 Å². The summed E-state index contributed by atoms with van der Waals surface area (Å²) in [5.41, 5.74) is 12.1. The van der Waals surface area contributed by atoms with Crippen LogP contribution in [-0.2, 0) is 0 Å². The molecule has 0 aliphatic carbocycles. The van der Waals surface area contributed by atoms with E-state index in [1.165, 1.54) is 21.6 Å². The summed E-state index contributed by atoms with van der Waals surface area (Å²) >= 11 is 0. The molecule has 12 heteroatoms. The molecule has 4 N–H and O–H groups in total. The van der Waals surface area contributed by atoms with Gasteiger partial charge >= 0.3 is 0 Å². The van der Waals surface area contributed by atoms with E-state index in [2.05, 4.69) is 67.4 Å². The third-order valence-electron chi connectivity index (χ3n) is 4.34. The molecule has 0 saturated heterocycles. The zero-order chi connectivity index (χ0) is 22.3. The van der Waals surface area contributed by atoms with Crippen LogP contribution in [0, 0.1) is 0 Å². The van der Waals surface area contributed by atoms with Crippen LogP contribution in [0.4, 0.5) is 11.9 Å². The van der Waals surface area contributed by atoms with Crippen LogP contribution in [0.2, 0.25) is 0 Å². The fourth-order valence-electron chi connectivity index (χ4n) is 2.57. The van der Waals surface area contributed by atoms with Crippen LogP contribution >= 0.6 is 21.6 Å². The van der Waals surface area contributed by atoms with E-state index in [0.717, 1.165) is 26.2 Å². The lowest BCUT2D eigenvalue weighted by Crippen LogP contribution is -2.26. The van der Waals surface area contributed by atoms with Crippen molar-refractivity contribution in [3.8, 4) is 0 Å². The van der Waals surface area contributed by atoms with E-state index >= 15 is 0 Å². The lowest BCUT2D eigenvalue weighted by molar-refractivity contribution is 0.680. The van der Waals surface area contributed by atoms with Crippen LogP contribution in [0.15, 0.2) is 10.3 Å². The van der Waals surface area contributed by atoms with Gasteiger partial charge in [0.2, 0.25) is 22.2 Å². The van der Waals surface area contributed by atoms with Gasteiger partial charge in [-0.3, -0.25) is 0 Å². The Morgan fingerprint density at radius 1 is 0.633 bits per heavy atom. The predicted octanol–water partition coefficient (Wildman–Crippen LogP) is 2.59. The van der Waals surface area contributed by atoms with Gasteiger partial charge in [-0.25, -0.2) is 9.97 Å². The molecule has 0 aliphatic heterocycles. The first-order valence-corrected chi connectivity index (χ1v) is 12.3. The maximum atomic E-state index is 6.04. The number of anilines is 2. The molecule has 2 unspecified atom stereocenters. The second-order valence-corrected chi connectivity index (χ2v) is 8.70. The van der Waals surface area contributed by atoms with Crippen LogP contribution in [0.5, 0.6) is 0 Å². The average molecular weight is 453 g/mol. The molecule has 0 bridgehead atoms. The molecule has 0 fully saturated rings. The average Bonchev–Trinajstić information content (AvgIpc) is 2.73. The summed E-state index contributed by atoms with van der Waals surface area (Å²) in [5.74, 6) is 2.37. The molecule has 0 radical (unpaired) electrons. The Kier molecular flexibility index (Phi) is 9.46. The van der Waals surface area contributed by atoms with E-state index in [4.69, 9.17) is 11.5 Å². The second kappa shape index (κ2) is 11.6. The summed E-state index contributed by atoms with van der Waals surface area (Å²) in [6.45, 7) is 15.2. The highest BCUT2D eigenvalue weighted by Crippen LogP contribution is 2.35. The van der Waals surface area contributed by atoms with Gasteiger partial charge < -0.3 is 21.3 Å². The lowest BCUT2D eigenvalue weighted by atomic mass is 10.3. The van der Waals surface area contributed by atoms with Gasteiger partial charge in [-0.2, -0.15) is 19.9 Å². The number of nitrogens with zero attached hydrogens (tertiary/aromatic N) is 8. The van der Waals surface area contributed by atoms with E-state index in [9.17, 15) is 0 Å². The quantitative estimate of drug-likeness (QED) is 0.485. The van der Waals surface area contributed by atoms with E-state index < -0.39 is 0 Å². The maximum Gasteiger partial charge on any atom is 0.229 e. The van der Waals surface area contributed by atoms with Crippen molar-refractivity contribution in [2.24, 2.45) is 11.5 Å². The van der Waals surface area contributed by atoms with Crippen molar-refractivity contribution in [3.63, 3.8) is 0 Å². The fraction of sp³-hybridized carbons (Fsp3) is 0.667. The minimum atomic E-state index is -0.289. The van der Waals surface area contributed by atoms with Gasteiger partial charge in [-0.1, -0.05) is 0 Å². The van der Waals surface area contributed by atoms with E-state index in [1.54, 1.807) is 0 Å². The standard InChI is InChI=1S/C18H32N10S2/c1-7-27(8-2)15-21-13(11(5)19)23-17(25-15)29-30-18-24-14(12(6)20)22-16(26-18)28(9-3)10-4/h11-12H,7-10,19-20H2,1-6H3. The largest absolute Gasteiger partial charge is 0.341 e. The van der Waals surface area contributed by atoms with E-state index in [-0.39, 0.29) is 12.1 Å². The van der Waals surface area contributed by atoms with Crippen LogP contribution in [0.1, 0.15) is 65.3 Å². The smallest absolute Gasteiger partial charge is 0.229 e. The Morgan fingerprint density at radius 2 is 0.967 bits per heavy atom. The van der Waals surface area contributed by atoms with Gasteiger partial charge in [0.05, 0.1) is 12.1 Å². The van der Waals surface area contributed by atoms with Crippen LogP contribution in [0.3, 0.4) is 0 Å². The zero-order valence-corrected chi connectivity index (χ0v) is 20.2. The number of hydrogen-bond acceptors (Lipinski definition) is 12. The summed E-state index contributed by atoms with van der Waals surface area (Å²) in [5, 5.41) is 1.13. The molecule has 10 nitrogen and oxygen atoms in total. The van der Waals surface area contributed by atoms with Crippen molar-refractivity contribution < 1.29 is 0 Å². The Bertz CT molecular complexity index is 742. The molecule has 0 aliphatic rings. The van der Waals surface area contributed by atoms with E-state index in [0.29, 0.717) is 33.9 Å².